The molecule has 1 N–H and O–H groups in total. The summed E-state index contributed by atoms with van der Waals surface area (Å²) in [5, 5.41) is 3.00. The minimum Gasteiger partial charge on any atom is -0.435 e. The average Bonchev–Trinajstić information content (AvgIpc) is 2.66. The number of nitrogens with zero attached hydrogens (tertiary/aromatic N) is 2. The Balaban J connectivity index is 1.78. The third-order valence-electron chi connectivity index (χ3n) is 4.92. The molecule has 0 bridgehead atoms. The molecule has 1 unspecified atom stereocenters. The molecular weight excluding hydrogens is 380 g/mol. The molecule has 29 heavy (non-hydrogen) atoms. The third-order valence-corrected chi connectivity index (χ3v) is 4.92. The first-order chi connectivity index (χ1) is 13.8. The zero-order chi connectivity index (χ0) is 21.1. The van der Waals surface area contributed by atoms with Crippen LogP contribution in [-0.4, -0.2) is 42.4 Å². The molecule has 1 aromatic carbocycles. The Bertz CT molecular complexity index is 931. The highest BCUT2D eigenvalue weighted by atomic mass is 19.3. The van der Waals surface area contributed by atoms with E-state index < -0.39 is 6.61 Å². The van der Waals surface area contributed by atoms with E-state index in [2.05, 4.69) is 15.0 Å². The van der Waals surface area contributed by atoms with Crippen LogP contribution in [-0.2, 0) is 6.42 Å². The molecule has 1 aliphatic rings. The van der Waals surface area contributed by atoms with Crippen LogP contribution in [0, 0.1) is 6.92 Å². The second-order valence-corrected chi connectivity index (χ2v) is 7.19. The van der Waals surface area contributed by atoms with E-state index in [1.807, 2.05) is 0 Å². The van der Waals surface area contributed by atoms with Gasteiger partial charge in [0.15, 0.2) is 0 Å². The molecule has 2 aromatic rings. The van der Waals surface area contributed by atoms with Gasteiger partial charge < -0.3 is 15.0 Å². The van der Waals surface area contributed by atoms with Crippen LogP contribution in [0.4, 0.5) is 8.78 Å². The quantitative estimate of drug-likeness (QED) is 0.830. The van der Waals surface area contributed by atoms with Crippen molar-refractivity contribution in [2.45, 2.75) is 38.8 Å². The van der Waals surface area contributed by atoms with Gasteiger partial charge in [-0.05, 0) is 61.6 Å². The number of rotatable bonds is 5. The van der Waals surface area contributed by atoms with Crippen molar-refractivity contribution in [1.82, 2.24) is 15.2 Å². The van der Waals surface area contributed by atoms with E-state index in [0.717, 1.165) is 30.4 Å². The number of carbonyl (C=O) groups excluding carboxylic acids is 2. The minimum absolute atomic E-state index is 0.118. The van der Waals surface area contributed by atoms with Crippen LogP contribution < -0.4 is 10.1 Å². The summed E-state index contributed by atoms with van der Waals surface area (Å²) in [5.74, 6) is -0.403. The van der Waals surface area contributed by atoms with Gasteiger partial charge in [-0.3, -0.25) is 9.59 Å². The summed E-state index contributed by atoms with van der Waals surface area (Å²) in [7, 11) is 3.27. The fourth-order valence-corrected chi connectivity index (χ4v) is 3.50. The number of amides is 2. The molecule has 1 aliphatic carbocycles. The molecule has 0 fully saturated rings. The van der Waals surface area contributed by atoms with Gasteiger partial charge in [0.25, 0.3) is 11.8 Å². The van der Waals surface area contributed by atoms with E-state index in [-0.39, 0.29) is 29.3 Å². The molecule has 3 rings (SSSR count). The van der Waals surface area contributed by atoms with Crippen LogP contribution in [0.15, 0.2) is 30.3 Å². The summed E-state index contributed by atoms with van der Waals surface area (Å²) in [5.41, 5.74) is 2.92. The first-order valence-electron chi connectivity index (χ1n) is 9.34. The Morgan fingerprint density at radius 2 is 2.00 bits per heavy atom. The van der Waals surface area contributed by atoms with E-state index in [1.54, 1.807) is 39.2 Å². The Morgan fingerprint density at radius 1 is 1.24 bits per heavy atom. The predicted molar refractivity (Wildman–Crippen MR) is 103 cm³/mol. The number of carbonyl (C=O) groups is 2. The Morgan fingerprint density at radius 3 is 2.66 bits per heavy atom. The van der Waals surface area contributed by atoms with Crippen LogP contribution >= 0.6 is 0 Å². The summed E-state index contributed by atoms with van der Waals surface area (Å²) >= 11 is 0. The molecule has 0 spiro atoms. The monoisotopic (exact) mass is 403 g/mol. The van der Waals surface area contributed by atoms with Crippen LogP contribution in [0.5, 0.6) is 5.75 Å². The number of benzene rings is 1. The average molecular weight is 403 g/mol. The number of ether oxygens (including phenoxy) is 1. The minimum atomic E-state index is -2.87. The number of pyridine rings is 1. The summed E-state index contributed by atoms with van der Waals surface area (Å²) in [6.45, 7) is -1.19. The van der Waals surface area contributed by atoms with Gasteiger partial charge in [0.2, 0.25) is 0 Å². The predicted octanol–water partition coefficient (Wildman–Crippen LogP) is 3.50. The largest absolute Gasteiger partial charge is 0.435 e. The lowest BCUT2D eigenvalue weighted by molar-refractivity contribution is -0.0499. The van der Waals surface area contributed by atoms with Crippen LogP contribution in [0.2, 0.25) is 0 Å². The van der Waals surface area contributed by atoms with Crippen molar-refractivity contribution in [2.75, 3.05) is 14.1 Å². The molecule has 0 aliphatic heterocycles. The lowest BCUT2D eigenvalue weighted by atomic mass is 9.87. The summed E-state index contributed by atoms with van der Waals surface area (Å²) in [6.07, 6.45) is 2.31. The molecule has 2 amide bonds. The van der Waals surface area contributed by atoms with Crippen LogP contribution in [0.3, 0.4) is 0 Å². The number of fused-ring (bicyclic) bond motifs is 1. The van der Waals surface area contributed by atoms with E-state index in [0.29, 0.717) is 11.3 Å². The smallest absolute Gasteiger partial charge is 0.387 e. The molecule has 1 heterocycles. The number of hydrogen-bond donors (Lipinski definition) is 1. The normalized spacial score (nSPS) is 15.6. The molecule has 0 saturated carbocycles. The molecule has 8 heteroatoms. The van der Waals surface area contributed by atoms with Crippen molar-refractivity contribution in [3.63, 3.8) is 0 Å². The van der Waals surface area contributed by atoms with E-state index in [1.165, 1.54) is 17.0 Å². The third kappa shape index (κ3) is 4.70. The molecule has 0 saturated heterocycles. The summed E-state index contributed by atoms with van der Waals surface area (Å²) in [6, 6.07) is 7.72. The standard InChI is InChI=1S/C21H23F2N3O3/c1-12-15(9-10-18(24-12)20(28)26(2)3)19(27)25-17-6-4-5-13-11-14(29-21(22)23)7-8-16(13)17/h7-11,17,21H,4-6H2,1-3H3,(H,25,27). The fourth-order valence-electron chi connectivity index (χ4n) is 3.50. The first-order valence-corrected chi connectivity index (χ1v) is 9.34. The Kier molecular flexibility index (Phi) is 6.10. The van der Waals surface area contributed by atoms with Crippen molar-refractivity contribution in [1.29, 1.82) is 0 Å². The van der Waals surface area contributed by atoms with Crippen LogP contribution in [0.1, 0.15) is 56.6 Å². The molecule has 1 atom stereocenters. The van der Waals surface area contributed by atoms with Crippen molar-refractivity contribution in [2.24, 2.45) is 0 Å². The Hall–Kier alpha value is -3.03. The van der Waals surface area contributed by atoms with Crippen molar-refractivity contribution in [3.05, 3.63) is 58.4 Å². The number of nitrogens with one attached hydrogen (secondary N) is 1. The first kappa shape index (κ1) is 20.7. The zero-order valence-electron chi connectivity index (χ0n) is 16.5. The summed E-state index contributed by atoms with van der Waals surface area (Å²) in [4.78, 5) is 30.5. The number of hydrogen-bond acceptors (Lipinski definition) is 4. The number of alkyl halides is 2. The van der Waals surface area contributed by atoms with Gasteiger partial charge in [0.05, 0.1) is 17.3 Å². The maximum atomic E-state index is 12.8. The molecule has 6 nitrogen and oxygen atoms in total. The van der Waals surface area contributed by atoms with Crippen molar-refractivity contribution >= 4 is 11.8 Å². The van der Waals surface area contributed by atoms with Gasteiger partial charge in [-0.2, -0.15) is 8.78 Å². The topological polar surface area (TPSA) is 71.5 Å². The van der Waals surface area contributed by atoms with Crippen LogP contribution in [0.25, 0.3) is 0 Å². The number of aromatic nitrogens is 1. The van der Waals surface area contributed by atoms with Gasteiger partial charge in [-0.15, -0.1) is 0 Å². The highest BCUT2D eigenvalue weighted by Gasteiger charge is 2.24. The van der Waals surface area contributed by atoms with Gasteiger partial charge >= 0.3 is 6.61 Å². The van der Waals surface area contributed by atoms with Gasteiger partial charge in [0.1, 0.15) is 11.4 Å². The molecule has 0 radical (unpaired) electrons. The van der Waals surface area contributed by atoms with Crippen molar-refractivity contribution < 1.29 is 23.1 Å². The van der Waals surface area contributed by atoms with E-state index >= 15 is 0 Å². The lowest BCUT2D eigenvalue weighted by Gasteiger charge is -2.27. The highest BCUT2D eigenvalue weighted by molar-refractivity contribution is 5.97. The van der Waals surface area contributed by atoms with Crippen molar-refractivity contribution in [3.8, 4) is 5.75 Å². The zero-order valence-corrected chi connectivity index (χ0v) is 16.5. The second kappa shape index (κ2) is 8.55. The second-order valence-electron chi connectivity index (χ2n) is 7.19. The number of halogens is 2. The molecular formula is C21H23F2N3O3. The maximum absolute atomic E-state index is 12.8. The van der Waals surface area contributed by atoms with Gasteiger partial charge in [-0.25, -0.2) is 4.98 Å². The molecule has 154 valence electrons. The SMILES string of the molecule is Cc1nc(C(=O)N(C)C)ccc1C(=O)NC1CCCc2cc(OC(F)F)ccc21. The van der Waals surface area contributed by atoms with E-state index in [4.69, 9.17) is 0 Å². The maximum Gasteiger partial charge on any atom is 0.387 e. The highest BCUT2D eigenvalue weighted by Crippen LogP contribution is 2.33. The summed E-state index contributed by atoms with van der Waals surface area (Å²) < 4.78 is 29.3. The van der Waals surface area contributed by atoms with Gasteiger partial charge in [-0.1, -0.05) is 6.07 Å². The molecule has 1 aromatic heterocycles. The van der Waals surface area contributed by atoms with E-state index in [9.17, 15) is 18.4 Å². The fraction of sp³-hybridized carbons (Fsp3) is 0.381. The number of aryl methyl sites for hydroxylation is 2. The lowest BCUT2D eigenvalue weighted by Crippen LogP contribution is -2.32. The van der Waals surface area contributed by atoms with Gasteiger partial charge in [0, 0.05) is 14.1 Å². The Labute approximate surface area is 167 Å².